The van der Waals surface area contributed by atoms with Gasteiger partial charge in [-0.3, -0.25) is 0 Å². The summed E-state index contributed by atoms with van der Waals surface area (Å²) >= 11 is 0. The lowest BCUT2D eigenvalue weighted by Crippen LogP contribution is -3.14. The van der Waals surface area contributed by atoms with Crippen molar-refractivity contribution in [1.82, 2.24) is 0 Å². The summed E-state index contributed by atoms with van der Waals surface area (Å²) in [5.74, 6) is 0. The van der Waals surface area contributed by atoms with Crippen LogP contribution in [-0.4, -0.2) is 32.7 Å². The molecule has 1 saturated heterocycles. The van der Waals surface area contributed by atoms with Crippen molar-refractivity contribution in [2.75, 3.05) is 37.6 Å². The monoisotopic (exact) mass is 341 g/mol. The number of benzene rings is 1. The van der Waals surface area contributed by atoms with Crippen molar-refractivity contribution in [1.29, 1.82) is 0 Å². The van der Waals surface area contributed by atoms with E-state index in [1.165, 1.54) is 75.2 Å². The Morgan fingerprint density at radius 3 is 2.48 bits per heavy atom. The molecule has 2 nitrogen and oxygen atoms in total. The van der Waals surface area contributed by atoms with E-state index in [4.69, 9.17) is 0 Å². The summed E-state index contributed by atoms with van der Waals surface area (Å²) < 4.78 is 0. The lowest BCUT2D eigenvalue weighted by Gasteiger charge is -2.37. The maximum absolute atomic E-state index is 2.60. The molecule has 1 fully saturated rings. The summed E-state index contributed by atoms with van der Waals surface area (Å²) in [4.78, 5) is 4.39. The minimum Gasteiger partial charge on any atom is -0.360 e. The molecule has 2 aliphatic rings. The van der Waals surface area contributed by atoms with Gasteiger partial charge in [0, 0.05) is 12.1 Å². The standard InChI is InChI=1S/C23H36N2/c1-18-8-9-20(3)22(17-18)25-15-13-24(14-16-25)12-10-21-19(2)7-6-11-23(21,4)5/h8-9,17H,6-7,10-16H2,1-5H3/p+1. The Bertz CT molecular complexity index is 633. The number of aryl methyl sites for hydroxylation is 2. The van der Waals surface area contributed by atoms with Crippen LogP contribution in [0.25, 0.3) is 0 Å². The highest BCUT2D eigenvalue weighted by molar-refractivity contribution is 5.55. The molecule has 0 atom stereocenters. The number of rotatable bonds is 4. The Kier molecular flexibility index (Phi) is 5.58. The maximum Gasteiger partial charge on any atom is 0.0949 e. The van der Waals surface area contributed by atoms with E-state index in [0.717, 1.165) is 0 Å². The lowest BCUT2D eigenvalue weighted by molar-refractivity contribution is -0.900. The fourth-order valence-electron chi connectivity index (χ4n) is 4.90. The molecule has 0 bridgehead atoms. The number of hydrogen-bond donors (Lipinski definition) is 1. The summed E-state index contributed by atoms with van der Waals surface area (Å²) in [6, 6.07) is 6.85. The Morgan fingerprint density at radius 1 is 1.08 bits per heavy atom. The number of nitrogens with zero attached hydrogens (tertiary/aromatic N) is 1. The van der Waals surface area contributed by atoms with E-state index in [2.05, 4.69) is 57.7 Å². The van der Waals surface area contributed by atoms with Gasteiger partial charge >= 0.3 is 0 Å². The molecular weight excluding hydrogens is 304 g/mol. The molecule has 1 aromatic rings. The van der Waals surface area contributed by atoms with Crippen LogP contribution in [0.2, 0.25) is 0 Å². The van der Waals surface area contributed by atoms with Gasteiger partial charge in [0.25, 0.3) is 0 Å². The molecule has 1 N–H and O–H groups in total. The zero-order valence-corrected chi connectivity index (χ0v) is 17.0. The molecule has 0 radical (unpaired) electrons. The van der Waals surface area contributed by atoms with E-state index >= 15 is 0 Å². The van der Waals surface area contributed by atoms with Crippen molar-refractivity contribution in [2.24, 2.45) is 5.41 Å². The Hall–Kier alpha value is -1.28. The molecular formula is C23H37N2+. The van der Waals surface area contributed by atoms with Gasteiger partial charge in [0.15, 0.2) is 0 Å². The second-order valence-corrected chi connectivity index (χ2v) is 9.02. The van der Waals surface area contributed by atoms with Gasteiger partial charge in [-0.05, 0) is 62.6 Å². The van der Waals surface area contributed by atoms with Crippen molar-refractivity contribution < 1.29 is 4.90 Å². The second kappa shape index (κ2) is 7.53. The molecule has 1 aliphatic carbocycles. The third kappa shape index (κ3) is 4.28. The van der Waals surface area contributed by atoms with Gasteiger partial charge in [-0.1, -0.05) is 37.1 Å². The highest BCUT2D eigenvalue weighted by atomic mass is 15.3. The summed E-state index contributed by atoms with van der Waals surface area (Å²) in [5.41, 5.74) is 8.12. The molecule has 1 heterocycles. The first-order valence-corrected chi connectivity index (χ1v) is 10.2. The van der Waals surface area contributed by atoms with Crippen LogP contribution in [0.3, 0.4) is 0 Å². The number of nitrogens with one attached hydrogen (secondary N) is 1. The number of piperazine rings is 1. The summed E-state index contributed by atoms with van der Waals surface area (Å²) in [7, 11) is 0. The van der Waals surface area contributed by atoms with Crippen LogP contribution in [0.1, 0.15) is 57.6 Å². The molecule has 0 aromatic heterocycles. The Balaban J connectivity index is 1.55. The van der Waals surface area contributed by atoms with E-state index < -0.39 is 0 Å². The maximum atomic E-state index is 2.60. The second-order valence-electron chi connectivity index (χ2n) is 9.02. The van der Waals surface area contributed by atoms with Gasteiger partial charge in [0.2, 0.25) is 0 Å². The smallest absolute Gasteiger partial charge is 0.0949 e. The van der Waals surface area contributed by atoms with Gasteiger partial charge < -0.3 is 9.80 Å². The molecule has 0 spiro atoms. The van der Waals surface area contributed by atoms with Gasteiger partial charge in [0.1, 0.15) is 0 Å². The van der Waals surface area contributed by atoms with Gasteiger partial charge in [-0.2, -0.15) is 0 Å². The zero-order valence-electron chi connectivity index (χ0n) is 17.0. The highest BCUT2D eigenvalue weighted by Crippen LogP contribution is 2.41. The van der Waals surface area contributed by atoms with Crippen molar-refractivity contribution >= 4 is 5.69 Å². The number of allylic oxidation sites excluding steroid dienone is 1. The normalized spacial score (nSPS) is 21.7. The minimum absolute atomic E-state index is 0.433. The predicted octanol–water partition coefficient (Wildman–Crippen LogP) is 3.93. The van der Waals surface area contributed by atoms with Gasteiger partial charge in [-0.15, -0.1) is 0 Å². The van der Waals surface area contributed by atoms with E-state index in [-0.39, 0.29) is 0 Å². The van der Waals surface area contributed by atoms with Crippen LogP contribution < -0.4 is 9.80 Å². The fourth-order valence-corrected chi connectivity index (χ4v) is 4.90. The van der Waals surface area contributed by atoms with E-state index in [1.807, 2.05) is 0 Å². The van der Waals surface area contributed by atoms with Gasteiger partial charge in [0.05, 0.1) is 32.7 Å². The average molecular weight is 342 g/mol. The lowest BCUT2D eigenvalue weighted by atomic mass is 9.71. The summed E-state index contributed by atoms with van der Waals surface area (Å²) in [6.45, 7) is 18.0. The summed E-state index contributed by atoms with van der Waals surface area (Å²) in [6.07, 6.45) is 5.38. The Labute approximate surface area is 154 Å². The van der Waals surface area contributed by atoms with E-state index in [9.17, 15) is 0 Å². The third-order valence-electron chi connectivity index (χ3n) is 6.59. The van der Waals surface area contributed by atoms with Crippen molar-refractivity contribution in [2.45, 2.75) is 60.3 Å². The molecule has 3 rings (SSSR count). The van der Waals surface area contributed by atoms with Crippen LogP contribution in [0.4, 0.5) is 5.69 Å². The first-order chi connectivity index (χ1) is 11.9. The largest absolute Gasteiger partial charge is 0.360 e. The zero-order chi connectivity index (χ0) is 18.0. The van der Waals surface area contributed by atoms with Crippen LogP contribution in [0.5, 0.6) is 0 Å². The van der Waals surface area contributed by atoms with Crippen molar-refractivity contribution in [3.05, 3.63) is 40.5 Å². The minimum atomic E-state index is 0.433. The SMILES string of the molecule is CC1=C(CC[NH+]2CCN(c3cc(C)ccc3C)CC2)C(C)(C)CCC1. The average Bonchev–Trinajstić information content (AvgIpc) is 2.57. The molecule has 2 heteroatoms. The molecule has 1 aliphatic heterocycles. The van der Waals surface area contributed by atoms with Crippen molar-refractivity contribution in [3.8, 4) is 0 Å². The number of hydrogen-bond acceptors (Lipinski definition) is 1. The molecule has 1 aromatic carbocycles. The first-order valence-electron chi connectivity index (χ1n) is 10.2. The quantitative estimate of drug-likeness (QED) is 0.816. The molecule has 138 valence electrons. The van der Waals surface area contributed by atoms with E-state index in [0.29, 0.717) is 5.41 Å². The molecule has 0 saturated carbocycles. The van der Waals surface area contributed by atoms with Crippen LogP contribution in [0.15, 0.2) is 29.3 Å². The summed E-state index contributed by atoms with van der Waals surface area (Å²) in [5, 5.41) is 0. The van der Waals surface area contributed by atoms with Crippen LogP contribution >= 0.6 is 0 Å². The van der Waals surface area contributed by atoms with Gasteiger partial charge in [-0.25, -0.2) is 0 Å². The van der Waals surface area contributed by atoms with Crippen molar-refractivity contribution in [3.63, 3.8) is 0 Å². The predicted molar refractivity (Wildman–Crippen MR) is 109 cm³/mol. The first kappa shape index (κ1) is 18.5. The Morgan fingerprint density at radius 2 is 1.80 bits per heavy atom. The molecule has 0 unspecified atom stereocenters. The number of anilines is 1. The fraction of sp³-hybridized carbons (Fsp3) is 0.652. The number of quaternary nitrogens is 1. The van der Waals surface area contributed by atoms with Crippen LogP contribution in [0, 0.1) is 19.3 Å². The van der Waals surface area contributed by atoms with Crippen LogP contribution in [-0.2, 0) is 0 Å². The molecule has 0 amide bonds. The topological polar surface area (TPSA) is 7.68 Å². The van der Waals surface area contributed by atoms with E-state index in [1.54, 1.807) is 16.0 Å². The third-order valence-corrected chi connectivity index (χ3v) is 6.59. The molecule has 25 heavy (non-hydrogen) atoms. The highest BCUT2D eigenvalue weighted by Gasteiger charge is 2.29.